The third-order valence-electron chi connectivity index (χ3n) is 1.85. The van der Waals surface area contributed by atoms with Crippen molar-refractivity contribution in [2.45, 2.75) is 12.5 Å². The van der Waals surface area contributed by atoms with E-state index in [4.69, 9.17) is 10.8 Å². The van der Waals surface area contributed by atoms with Gasteiger partial charge in [0.05, 0.1) is 0 Å². The quantitative estimate of drug-likeness (QED) is 0.633. The number of aromatic nitrogens is 1. The first-order valence-electron chi connectivity index (χ1n) is 4.24. The average molecular weight is 195 g/mol. The van der Waals surface area contributed by atoms with E-state index in [-0.39, 0.29) is 0 Å². The molecular formula is C9H13N3O2. The lowest BCUT2D eigenvalue weighted by Gasteiger charge is -2.07. The molecule has 0 aliphatic carbocycles. The molecule has 0 saturated heterocycles. The van der Waals surface area contributed by atoms with Crippen molar-refractivity contribution in [1.29, 1.82) is 0 Å². The van der Waals surface area contributed by atoms with Crippen LogP contribution in [0, 0.1) is 0 Å². The molecule has 1 heterocycles. The second-order valence-corrected chi connectivity index (χ2v) is 2.95. The minimum absolute atomic E-state index is 0.312. The SMILES string of the molecule is CNc1cc(CC(N)C(=O)O)ccn1. The molecule has 1 unspecified atom stereocenters. The van der Waals surface area contributed by atoms with Crippen LogP contribution in [0.2, 0.25) is 0 Å². The second kappa shape index (κ2) is 4.57. The van der Waals surface area contributed by atoms with Gasteiger partial charge in [-0.05, 0) is 24.1 Å². The molecule has 0 bridgehead atoms. The fourth-order valence-corrected chi connectivity index (χ4v) is 1.08. The Morgan fingerprint density at radius 1 is 1.79 bits per heavy atom. The van der Waals surface area contributed by atoms with Gasteiger partial charge in [-0.1, -0.05) is 0 Å². The number of carbonyl (C=O) groups is 1. The van der Waals surface area contributed by atoms with Gasteiger partial charge in [0, 0.05) is 13.2 Å². The zero-order chi connectivity index (χ0) is 10.6. The largest absolute Gasteiger partial charge is 0.480 e. The van der Waals surface area contributed by atoms with E-state index in [1.165, 1.54) is 0 Å². The molecule has 5 heteroatoms. The first-order chi connectivity index (χ1) is 6.63. The topological polar surface area (TPSA) is 88.2 Å². The zero-order valence-electron chi connectivity index (χ0n) is 7.90. The molecular weight excluding hydrogens is 182 g/mol. The van der Waals surface area contributed by atoms with Gasteiger partial charge >= 0.3 is 5.97 Å². The van der Waals surface area contributed by atoms with Crippen LogP contribution in [0.25, 0.3) is 0 Å². The Morgan fingerprint density at radius 3 is 3.07 bits per heavy atom. The molecule has 5 nitrogen and oxygen atoms in total. The van der Waals surface area contributed by atoms with E-state index in [1.54, 1.807) is 25.4 Å². The summed E-state index contributed by atoms with van der Waals surface area (Å²) in [6.45, 7) is 0. The van der Waals surface area contributed by atoms with Gasteiger partial charge < -0.3 is 16.2 Å². The van der Waals surface area contributed by atoms with Crippen molar-refractivity contribution in [2.75, 3.05) is 12.4 Å². The standard InChI is InChI=1S/C9H13N3O2/c1-11-8-5-6(2-3-12-8)4-7(10)9(13)14/h2-3,5,7H,4,10H2,1H3,(H,11,12)(H,13,14). The van der Waals surface area contributed by atoms with Crippen molar-refractivity contribution in [3.63, 3.8) is 0 Å². The van der Waals surface area contributed by atoms with Gasteiger partial charge in [-0.25, -0.2) is 4.98 Å². The van der Waals surface area contributed by atoms with Crippen LogP contribution in [-0.4, -0.2) is 29.1 Å². The molecule has 1 aromatic heterocycles. The fourth-order valence-electron chi connectivity index (χ4n) is 1.08. The third-order valence-corrected chi connectivity index (χ3v) is 1.85. The average Bonchev–Trinajstić information content (AvgIpc) is 2.18. The molecule has 14 heavy (non-hydrogen) atoms. The van der Waals surface area contributed by atoms with E-state index in [0.29, 0.717) is 12.2 Å². The van der Waals surface area contributed by atoms with E-state index in [1.807, 2.05) is 0 Å². The van der Waals surface area contributed by atoms with Crippen molar-refractivity contribution in [3.8, 4) is 0 Å². The maximum atomic E-state index is 10.5. The maximum Gasteiger partial charge on any atom is 0.320 e. The van der Waals surface area contributed by atoms with Crippen molar-refractivity contribution >= 4 is 11.8 Å². The van der Waals surface area contributed by atoms with Crippen molar-refractivity contribution in [3.05, 3.63) is 23.9 Å². The number of hydrogen-bond acceptors (Lipinski definition) is 4. The van der Waals surface area contributed by atoms with Gasteiger partial charge in [0.25, 0.3) is 0 Å². The van der Waals surface area contributed by atoms with E-state index >= 15 is 0 Å². The molecule has 0 spiro atoms. The molecule has 0 amide bonds. The minimum atomic E-state index is -0.993. The highest BCUT2D eigenvalue weighted by Gasteiger charge is 2.11. The predicted octanol–water partition coefficient (Wildman–Crippen LogP) is 0.0777. The predicted molar refractivity (Wildman–Crippen MR) is 53.1 cm³/mol. The first kappa shape index (κ1) is 10.5. The van der Waals surface area contributed by atoms with E-state index in [2.05, 4.69) is 10.3 Å². The van der Waals surface area contributed by atoms with Gasteiger partial charge in [0.1, 0.15) is 11.9 Å². The molecule has 4 N–H and O–H groups in total. The molecule has 1 aromatic rings. The van der Waals surface area contributed by atoms with Crippen LogP contribution in [0.5, 0.6) is 0 Å². The van der Waals surface area contributed by atoms with Crippen LogP contribution < -0.4 is 11.1 Å². The lowest BCUT2D eigenvalue weighted by Crippen LogP contribution is -2.32. The molecule has 1 atom stereocenters. The Hall–Kier alpha value is -1.62. The van der Waals surface area contributed by atoms with Crippen LogP contribution in [0.15, 0.2) is 18.3 Å². The minimum Gasteiger partial charge on any atom is -0.480 e. The summed E-state index contributed by atoms with van der Waals surface area (Å²) in [6.07, 6.45) is 1.93. The summed E-state index contributed by atoms with van der Waals surface area (Å²) < 4.78 is 0. The Balaban J connectivity index is 2.71. The number of carboxylic acid groups (broad SMARTS) is 1. The number of hydrogen-bond donors (Lipinski definition) is 3. The van der Waals surface area contributed by atoms with Crippen LogP contribution >= 0.6 is 0 Å². The number of nitrogens with two attached hydrogens (primary N) is 1. The Morgan fingerprint density at radius 2 is 2.50 bits per heavy atom. The van der Waals surface area contributed by atoms with Crippen molar-refractivity contribution in [1.82, 2.24) is 4.98 Å². The molecule has 76 valence electrons. The summed E-state index contributed by atoms with van der Waals surface area (Å²) in [4.78, 5) is 14.5. The number of carboxylic acids is 1. The Labute approximate surface area is 82.0 Å². The zero-order valence-corrected chi connectivity index (χ0v) is 7.90. The number of rotatable bonds is 4. The number of nitrogens with one attached hydrogen (secondary N) is 1. The molecule has 0 saturated carbocycles. The lowest BCUT2D eigenvalue weighted by molar-refractivity contribution is -0.138. The highest BCUT2D eigenvalue weighted by Crippen LogP contribution is 2.07. The highest BCUT2D eigenvalue weighted by atomic mass is 16.4. The van der Waals surface area contributed by atoms with Gasteiger partial charge in [-0.15, -0.1) is 0 Å². The number of pyridine rings is 1. The summed E-state index contributed by atoms with van der Waals surface area (Å²) in [7, 11) is 1.75. The van der Waals surface area contributed by atoms with Crippen LogP contribution in [0.1, 0.15) is 5.56 Å². The summed E-state index contributed by atoms with van der Waals surface area (Å²) >= 11 is 0. The maximum absolute atomic E-state index is 10.5. The van der Waals surface area contributed by atoms with E-state index < -0.39 is 12.0 Å². The van der Waals surface area contributed by atoms with Gasteiger partial charge in [0.15, 0.2) is 0 Å². The van der Waals surface area contributed by atoms with Gasteiger partial charge in [-0.2, -0.15) is 0 Å². The van der Waals surface area contributed by atoms with Gasteiger partial charge in [-0.3, -0.25) is 4.79 Å². The van der Waals surface area contributed by atoms with Crippen molar-refractivity contribution < 1.29 is 9.90 Å². The second-order valence-electron chi connectivity index (χ2n) is 2.95. The van der Waals surface area contributed by atoms with Gasteiger partial charge in [0.2, 0.25) is 0 Å². The smallest absolute Gasteiger partial charge is 0.320 e. The summed E-state index contributed by atoms with van der Waals surface area (Å²) in [5.74, 6) is -0.284. The fraction of sp³-hybridized carbons (Fsp3) is 0.333. The van der Waals surface area contributed by atoms with E-state index in [0.717, 1.165) is 5.56 Å². The summed E-state index contributed by atoms with van der Waals surface area (Å²) in [5.41, 5.74) is 6.26. The number of nitrogens with zero attached hydrogens (tertiary/aromatic N) is 1. The molecule has 0 aliphatic rings. The normalized spacial score (nSPS) is 12.1. The van der Waals surface area contributed by atoms with Crippen LogP contribution in [-0.2, 0) is 11.2 Å². The van der Waals surface area contributed by atoms with Crippen LogP contribution in [0.4, 0.5) is 5.82 Å². The number of anilines is 1. The molecule has 0 radical (unpaired) electrons. The third kappa shape index (κ3) is 2.70. The summed E-state index contributed by atoms with van der Waals surface area (Å²) in [5, 5.41) is 11.5. The lowest BCUT2D eigenvalue weighted by atomic mass is 10.1. The molecule has 0 aliphatic heterocycles. The van der Waals surface area contributed by atoms with Crippen molar-refractivity contribution in [2.24, 2.45) is 5.73 Å². The summed E-state index contributed by atoms with van der Waals surface area (Å²) in [6, 6.07) is 2.68. The number of aliphatic carboxylic acids is 1. The first-order valence-corrected chi connectivity index (χ1v) is 4.24. The molecule has 1 rings (SSSR count). The Kier molecular flexibility index (Phi) is 3.41. The van der Waals surface area contributed by atoms with E-state index in [9.17, 15) is 4.79 Å². The Bertz CT molecular complexity index is 328. The highest BCUT2D eigenvalue weighted by molar-refractivity contribution is 5.73. The molecule has 0 fully saturated rings. The molecule has 0 aromatic carbocycles. The monoisotopic (exact) mass is 195 g/mol. The van der Waals surface area contributed by atoms with Crippen LogP contribution in [0.3, 0.4) is 0 Å².